The monoisotopic (exact) mass is 616 g/mol. The number of pyridine rings is 1. The number of carbonyl (C=O) groups is 1. The van der Waals surface area contributed by atoms with Gasteiger partial charge in [-0.2, -0.15) is 13.2 Å². The van der Waals surface area contributed by atoms with E-state index in [0.717, 1.165) is 16.7 Å². The van der Waals surface area contributed by atoms with Crippen LogP contribution in [-0.2, 0) is 11.3 Å². The molecule has 1 aromatic heterocycles. The van der Waals surface area contributed by atoms with Crippen LogP contribution in [0.1, 0.15) is 35.4 Å². The first-order valence-electron chi connectivity index (χ1n) is 13.5. The van der Waals surface area contributed by atoms with Gasteiger partial charge in [0.1, 0.15) is 6.54 Å². The number of hydrogen-bond acceptors (Lipinski definition) is 4. The number of nitrogens with one attached hydrogen (secondary N) is 1. The predicted octanol–water partition coefficient (Wildman–Crippen LogP) is 6.41. The van der Waals surface area contributed by atoms with E-state index in [1.807, 2.05) is 60.7 Å². The van der Waals surface area contributed by atoms with Crippen molar-refractivity contribution in [3.63, 3.8) is 0 Å². The number of nitrogens with zero attached hydrogens (tertiary/aromatic N) is 2. The van der Waals surface area contributed by atoms with Crippen LogP contribution in [-0.4, -0.2) is 47.2 Å². The standard InChI is InChI=1S/C31H29Cl2F3N4O2/c32-22-6-1-19(2-7-22)30(20-3-8-23(33)9-4-20)21-5-10-27-25(15-21)26(16-29(42)40(27)17-28(37)41)38-24-11-13-39(14-12-24)18-31(34,35)36/h1-10,15-16,24,30,38H,11-14,17-18H2,(H2,37,41). The highest BCUT2D eigenvalue weighted by molar-refractivity contribution is 6.30. The molecule has 1 aliphatic heterocycles. The summed E-state index contributed by atoms with van der Waals surface area (Å²) >= 11 is 12.4. The Morgan fingerprint density at radius 2 is 1.45 bits per heavy atom. The number of benzene rings is 3. The van der Waals surface area contributed by atoms with E-state index < -0.39 is 24.2 Å². The predicted molar refractivity (Wildman–Crippen MR) is 160 cm³/mol. The molecule has 2 heterocycles. The van der Waals surface area contributed by atoms with E-state index in [1.54, 1.807) is 6.07 Å². The molecule has 1 amide bonds. The van der Waals surface area contributed by atoms with Crippen LogP contribution in [0.3, 0.4) is 0 Å². The molecule has 220 valence electrons. The first-order chi connectivity index (χ1) is 20.0. The van der Waals surface area contributed by atoms with E-state index in [4.69, 9.17) is 28.9 Å². The molecule has 42 heavy (non-hydrogen) atoms. The molecule has 5 rings (SSSR count). The third kappa shape index (κ3) is 7.09. The largest absolute Gasteiger partial charge is 0.401 e. The smallest absolute Gasteiger partial charge is 0.382 e. The number of primary amides is 1. The van der Waals surface area contributed by atoms with Gasteiger partial charge < -0.3 is 11.1 Å². The quantitative estimate of drug-likeness (QED) is 0.224. The number of amides is 1. The zero-order chi connectivity index (χ0) is 30.0. The number of fused-ring (bicyclic) bond motifs is 1. The number of likely N-dealkylation sites (tertiary alicyclic amines) is 1. The van der Waals surface area contributed by atoms with Crippen LogP contribution in [0.4, 0.5) is 18.9 Å². The Morgan fingerprint density at radius 1 is 0.905 bits per heavy atom. The molecule has 4 aromatic rings. The second-order valence-electron chi connectivity index (χ2n) is 10.6. The van der Waals surface area contributed by atoms with Crippen molar-refractivity contribution in [1.82, 2.24) is 9.47 Å². The lowest BCUT2D eigenvalue weighted by Gasteiger charge is -2.33. The summed E-state index contributed by atoms with van der Waals surface area (Å²) in [4.78, 5) is 26.4. The zero-order valence-corrected chi connectivity index (χ0v) is 24.0. The van der Waals surface area contributed by atoms with Gasteiger partial charge in [-0.25, -0.2) is 0 Å². The fourth-order valence-corrected chi connectivity index (χ4v) is 5.87. The lowest BCUT2D eigenvalue weighted by Crippen LogP contribution is -2.43. The summed E-state index contributed by atoms with van der Waals surface area (Å²) in [6.45, 7) is -0.656. The van der Waals surface area contributed by atoms with Crippen molar-refractivity contribution in [2.24, 2.45) is 5.73 Å². The fraction of sp³-hybridized carbons (Fsp3) is 0.290. The van der Waals surface area contributed by atoms with Crippen LogP contribution >= 0.6 is 23.2 Å². The minimum atomic E-state index is -4.25. The average molecular weight is 617 g/mol. The molecule has 6 nitrogen and oxygen atoms in total. The summed E-state index contributed by atoms with van der Waals surface area (Å²) < 4.78 is 40.0. The van der Waals surface area contributed by atoms with E-state index in [0.29, 0.717) is 39.5 Å². The van der Waals surface area contributed by atoms with Crippen molar-refractivity contribution in [3.8, 4) is 0 Å². The van der Waals surface area contributed by atoms with Crippen LogP contribution in [0.5, 0.6) is 0 Å². The average Bonchev–Trinajstić information content (AvgIpc) is 2.93. The Morgan fingerprint density at radius 3 is 1.98 bits per heavy atom. The second-order valence-corrected chi connectivity index (χ2v) is 11.4. The van der Waals surface area contributed by atoms with Gasteiger partial charge in [0.25, 0.3) is 5.56 Å². The number of hydrogen-bond donors (Lipinski definition) is 2. The molecule has 0 bridgehead atoms. The van der Waals surface area contributed by atoms with Crippen LogP contribution < -0.4 is 16.6 Å². The fourth-order valence-electron chi connectivity index (χ4n) is 5.62. The number of carbonyl (C=O) groups excluding carboxylic acids is 1. The molecule has 1 aliphatic rings. The molecule has 0 radical (unpaired) electrons. The van der Waals surface area contributed by atoms with Crippen LogP contribution in [0, 0.1) is 0 Å². The summed E-state index contributed by atoms with van der Waals surface area (Å²) in [5.74, 6) is -0.862. The maximum absolute atomic E-state index is 13.1. The van der Waals surface area contributed by atoms with Crippen molar-refractivity contribution in [1.29, 1.82) is 0 Å². The number of halogens is 5. The molecule has 0 saturated carbocycles. The third-order valence-electron chi connectivity index (χ3n) is 7.54. The number of rotatable bonds is 8. The molecule has 3 aromatic carbocycles. The van der Waals surface area contributed by atoms with E-state index in [9.17, 15) is 22.8 Å². The summed E-state index contributed by atoms with van der Waals surface area (Å²) in [6.07, 6.45) is -3.28. The maximum atomic E-state index is 13.1. The highest BCUT2D eigenvalue weighted by Crippen LogP contribution is 2.36. The van der Waals surface area contributed by atoms with E-state index in [1.165, 1.54) is 15.5 Å². The van der Waals surface area contributed by atoms with Crippen molar-refractivity contribution in [2.45, 2.75) is 37.5 Å². The Balaban J connectivity index is 1.57. The number of aromatic nitrogens is 1. The van der Waals surface area contributed by atoms with Crippen molar-refractivity contribution < 1.29 is 18.0 Å². The van der Waals surface area contributed by atoms with Gasteiger partial charge in [0.05, 0.1) is 12.1 Å². The van der Waals surface area contributed by atoms with E-state index in [2.05, 4.69) is 5.32 Å². The van der Waals surface area contributed by atoms with Crippen molar-refractivity contribution in [2.75, 3.05) is 25.0 Å². The molecule has 0 unspecified atom stereocenters. The van der Waals surface area contributed by atoms with Crippen LogP contribution in [0.25, 0.3) is 10.9 Å². The maximum Gasteiger partial charge on any atom is 0.401 e. The van der Waals surface area contributed by atoms with Crippen molar-refractivity contribution in [3.05, 3.63) is 110 Å². The number of nitrogens with two attached hydrogens (primary N) is 1. The van der Waals surface area contributed by atoms with Gasteiger partial charge >= 0.3 is 6.18 Å². The molecule has 1 saturated heterocycles. The van der Waals surface area contributed by atoms with Gasteiger partial charge in [-0.05, 0) is 65.9 Å². The van der Waals surface area contributed by atoms with Crippen LogP contribution in [0.2, 0.25) is 10.0 Å². The molecule has 0 aliphatic carbocycles. The SMILES string of the molecule is NC(=O)Cn1c(=O)cc(NC2CCN(CC(F)(F)F)CC2)c2cc(C(c3ccc(Cl)cc3)c3ccc(Cl)cc3)ccc21. The molecule has 11 heteroatoms. The second kappa shape index (κ2) is 12.4. The molecule has 0 spiro atoms. The number of piperidine rings is 1. The first kappa shape index (κ1) is 29.9. The minimum Gasteiger partial charge on any atom is -0.382 e. The summed E-state index contributed by atoms with van der Waals surface area (Å²) in [7, 11) is 0. The van der Waals surface area contributed by atoms with Crippen molar-refractivity contribution >= 4 is 45.7 Å². The highest BCUT2D eigenvalue weighted by atomic mass is 35.5. The van der Waals surface area contributed by atoms with E-state index in [-0.39, 0.29) is 31.6 Å². The number of anilines is 1. The normalized spacial score (nSPS) is 14.9. The summed E-state index contributed by atoms with van der Waals surface area (Å²) in [5, 5.41) is 5.32. The lowest BCUT2D eigenvalue weighted by atomic mass is 9.84. The molecular weight excluding hydrogens is 588 g/mol. The third-order valence-corrected chi connectivity index (χ3v) is 8.04. The first-order valence-corrected chi connectivity index (χ1v) is 14.2. The molecule has 3 N–H and O–H groups in total. The Kier molecular flexibility index (Phi) is 8.82. The minimum absolute atomic E-state index is 0.129. The highest BCUT2D eigenvalue weighted by Gasteiger charge is 2.32. The Labute approximate surface area is 250 Å². The summed E-state index contributed by atoms with van der Waals surface area (Å²) in [5.41, 5.74) is 9.02. The van der Waals surface area contributed by atoms with Gasteiger partial charge in [0.2, 0.25) is 5.91 Å². The molecule has 0 atom stereocenters. The van der Waals surface area contributed by atoms with Gasteiger partial charge in [0.15, 0.2) is 0 Å². The van der Waals surface area contributed by atoms with Crippen LogP contribution in [0.15, 0.2) is 77.6 Å². The van der Waals surface area contributed by atoms with Gasteiger partial charge in [0, 0.05) is 52.2 Å². The molecular formula is C31H29Cl2F3N4O2. The Hall–Kier alpha value is -3.53. The molecule has 1 fully saturated rings. The zero-order valence-electron chi connectivity index (χ0n) is 22.5. The lowest BCUT2D eigenvalue weighted by molar-refractivity contribution is -0.147. The topological polar surface area (TPSA) is 80.4 Å². The van der Waals surface area contributed by atoms with E-state index >= 15 is 0 Å². The summed E-state index contributed by atoms with van der Waals surface area (Å²) in [6, 6.07) is 22.1. The van der Waals surface area contributed by atoms with Gasteiger partial charge in [-0.1, -0.05) is 53.5 Å². The van der Waals surface area contributed by atoms with Gasteiger partial charge in [-0.15, -0.1) is 0 Å². The number of alkyl halides is 3. The Bertz CT molecular complexity index is 1590. The van der Waals surface area contributed by atoms with Gasteiger partial charge in [-0.3, -0.25) is 19.1 Å².